The van der Waals surface area contributed by atoms with Crippen LogP contribution in [0.5, 0.6) is 0 Å². The van der Waals surface area contributed by atoms with Crippen LogP contribution >= 0.6 is 0 Å². The van der Waals surface area contributed by atoms with Gasteiger partial charge < -0.3 is 15.5 Å². The van der Waals surface area contributed by atoms with E-state index < -0.39 is 0 Å². The average molecular weight is 360 g/mol. The molecule has 0 spiro atoms. The van der Waals surface area contributed by atoms with Crippen molar-refractivity contribution in [3.8, 4) is 0 Å². The SMILES string of the molecule is NC(=O)C1CCCN(Cc2cc3n(n2)CCN(C(=O)N2CCCC2)C3)C1. The number of amides is 3. The summed E-state index contributed by atoms with van der Waals surface area (Å²) in [5, 5.41) is 4.71. The molecule has 0 radical (unpaired) electrons. The lowest BCUT2D eigenvalue weighted by Gasteiger charge is -2.31. The first-order valence-corrected chi connectivity index (χ1v) is 9.71. The Bertz CT molecular complexity index is 681. The Morgan fingerprint density at radius 1 is 1.08 bits per heavy atom. The lowest BCUT2D eigenvalue weighted by molar-refractivity contribution is -0.123. The molecule has 142 valence electrons. The van der Waals surface area contributed by atoms with E-state index in [1.165, 1.54) is 0 Å². The number of rotatable bonds is 3. The molecule has 2 fully saturated rings. The number of hydrogen-bond donors (Lipinski definition) is 1. The van der Waals surface area contributed by atoms with E-state index in [1.54, 1.807) is 0 Å². The summed E-state index contributed by atoms with van der Waals surface area (Å²) in [5.74, 6) is -0.246. The predicted octanol–water partition coefficient (Wildman–Crippen LogP) is 0.612. The van der Waals surface area contributed by atoms with Gasteiger partial charge in [0.1, 0.15) is 0 Å². The van der Waals surface area contributed by atoms with Crippen LogP contribution in [0.2, 0.25) is 0 Å². The second-order valence-corrected chi connectivity index (χ2v) is 7.73. The van der Waals surface area contributed by atoms with Gasteiger partial charge in [-0.25, -0.2) is 4.79 Å². The van der Waals surface area contributed by atoms with Gasteiger partial charge in [-0.05, 0) is 38.3 Å². The van der Waals surface area contributed by atoms with E-state index in [1.807, 2.05) is 14.5 Å². The van der Waals surface area contributed by atoms with Crippen LogP contribution in [0.4, 0.5) is 4.79 Å². The van der Waals surface area contributed by atoms with Crippen molar-refractivity contribution in [1.82, 2.24) is 24.5 Å². The quantitative estimate of drug-likeness (QED) is 0.856. The van der Waals surface area contributed by atoms with Gasteiger partial charge in [0.05, 0.1) is 30.4 Å². The van der Waals surface area contributed by atoms with E-state index in [0.29, 0.717) is 6.54 Å². The largest absolute Gasteiger partial charge is 0.369 e. The van der Waals surface area contributed by atoms with Crippen molar-refractivity contribution in [3.05, 3.63) is 17.5 Å². The molecular weight excluding hydrogens is 332 g/mol. The Kier molecular flexibility index (Phi) is 4.84. The summed E-state index contributed by atoms with van der Waals surface area (Å²) in [6.45, 7) is 6.31. The first-order valence-electron chi connectivity index (χ1n) is 9.71. The van der Waals surface area contributed by atoms with Gasteiger partial charge in [-0.2, -0.15) is 5.10 Å². The molecule has 3 amide bonds. The maximum absolute atomic E-state index is 12.6. The van der Waals surface area contributed by atoms with Crippen molar-refractivity contribution in [3.63, 3.8) is 0 Å². The lowest BCUT2D eigenvalue weighted by Crippen LogP contribution is -2.45. The van der Waals surface area contributed by atoms with Gasteiger partial charge in [-0.1, -0.05) is 0 Å². The highest BCUT2D eigenvalue weighted by molar-refractivity contribution is 5.77. The predicted molar refractivity (Wildman–Crippen MR) is 96.0 cm³/mol. The molecule has 1 aromatic rings. The van der Waals surface area contributed by atoms with E-state index in [-0.39, 0.29) is 17.9 Å². The first kappa shape index (κ1) is 17.3. The molecule has 2 N–H and O–H groups in total. The maximum atomic E-state index is 12.6. The molecule has 3 aliphatic heterocycles. The fourth-order valence-electron chi connectivity index (χ4n) is 4.34. The molecule has 8 heteroatoms. The first-order chi connectivity index (χ1) is 12.6. The maximum Gasteiger partial charge on any atom is 0.320 e. The summed E-state index contributed by atoms with van der Waals surface area (Å²) in [6.07, 6.45) is 4.12. The summed E-state index contributed by atoms with van der Waals surface area (Å²) in [6, 6.07) is 2.27. The van der Waals surface area contributed by atoms with Crippen LogP contribution in [-0.2, 0) is 24.4 Å². The molecular formula is C18H28N6O2. The molecule has 0 bridgehead atoms. The monoisotopic (exact) mass is 360 g/mol. The number of likely N-dealkylation sites (tertiary alicyclic amines) is 2. The second kappa shape index (κ2) is 7.26. The molecule has 4 rings (SSSR count). The third kappa shape index (κ3) is 3.56. The van der Waals surface area contributed by atoms with Crippen molar-refractivity contribution < 1.29 is 9.59 Å². The molecule has 8 nitrogen and oxygen atoms in total. The van der Waals surface area contributed by atoms with Gasteiger partial charge in [-0.15, -0.1) is 0 Å². The van der Waals surface area contributed by atoms with Crippen LogP contribution in [0.15, 0.2) is 6.07 Å². The summed E-state index contributed by atoms with van der Waals surface area (Å²) < 4.78 is 2.03. The number of aromatic nitrogens is 2. The highest BCUT2D eigenvalue weighted by Crippen LogP contribution is 2.21. The number of carbonyl (C=O) groups excluding carboxylic acids is 2. The molecule has 1 aromatic heterocycles. The number of carbonyl (C=O) groups is 2. The van der Waals surface area contributed by atoms with E-state index in [2.05, 4.69) is 11.0 Å². The van der Waals surface area contributed by atoms with Crippen LogP contribution in [0.25, 0.3) is 0 Å². The summed E-state index contributed by atoms with van der Waals surface area (Å²) >= 11 is 0. The second-order valence-electron chi connectivity index (χ2n) is 7.73. The van der Waals surface area contributed by atoms with Gasteiger partial charge in [0.15, 0.2) is 0 Å². The molecule has 4 heterocycles. The van der Waals surface area contributed by atoms with Crippen molar-refractivity contribution in [2.45, 2.75) is 45.3 Å². The Balaban J connectivity index is 1.38. The van der Waals surface area contributed by atoms with Gasteiger partial charge in [-0.3, -0.25) is 14.4 Å². The third-order valence-electron chi connectivity index (χ3n) is 5.79. The zero-order valence-corrected chi connectivity index (χ0v) is 15.3. The number of fused-ring (bicyclic) bond motifs is 1. The Labute approximate surface area is 153 Å². The normalized spacial score (nSPS) is 23.9. The fourth-order valence-corrected chi connectivity index (χ4v) is 4.34. The van der Waals surface area contributed by atoms with Crippen LogP contribution in [0, 0.1) is 5.92 Å². The van der Waals surface area contributed by atoms with Gasteiger partial charge >= 0.3 is 6.03 Å². The number of hydrogen-bond acceptors (Lipinski definition) is 4. The van der Waals surface area contributed by atoms with Gasteiger partial charge in [0, 0.05) is 32.7 Å². The molecule has 0 aromatic carbocycles. The molecule has 3 aliphatic rings. The number of nitrogens with zero attached hydrogens (tertiary/aromatic N) is 5. The number of urea groups is 1. The smallest absolute Gasteiger partial charge is 0.320 e. The lowest BCUT2D eigenvalue weighted by atomic mass is 9.97. The fraction of sp³-hybridized carbons (Fsp3) is 0.722. The third-order valence-corrected chi connectivity index (χ3v) is 5.79. The zero-order chi connectivity index (χ0) is 18.1. The molecule has 1 atom stereocenters. The number of primary amides is 1. The van der Waals surface area contributed by atoms with Crippen molar-refractivity contribution in [2.24, 2.45) is 11.7 Å². The number of piperidine rings is 1. The molecule has 2 saturated heterocycles. The summed E-state index contributed by atoms with van der Waals surface area (Å²) in [7, 11) is 0. The Morgan fingerprint density at radius 3 is 2.65 bits per heavy atom. The highest BCUT2D eigenvalue weighted by Gasteiger charge is 2.28. The summed E-state index contributed by atoms with van der Waals surface area (Å²) in [5.41, 5.74) is 7.58. The van der Waals surface area contributed by atoms with Crippen molar-refractivity contribution in [1.29, 1.82) is 0 Å². The summed E-state index contributed by atoms with van der Waals surface area (Å²) in [4.78, 5) is 30.2. The minimum Gasteiger partial charge on any atom is -0.369 e. The minimum absolute atomic E-state index is 0.0467. The highest BCUT2D eigenvalue weighted by atomic mass is 16.2. The van der Waals surface area contributed by atoms with Crippen LogP contribution < -0.4 is 5.73 Å². The Hall–Kier alpha value is -2.09. The van der Waals surface area contributed by atoms with E-state index >= 15 is 0 Å². The van der Waals surface area contributed by atoms with Crippen LogP contribution in [-0.4, -0.2) is 69.1 Å². The van der Waals surface area contributed by atoms with Crippen molar-refractivity contribution >= 4 is 11.9 Å². The Morgan fingerprint density at radius 2 is 1.88 bits per heavy atom. The molecule has 1 unspecified atom stereocenters. The number of nitrogens with two attached hydrogens (primary N) is 1. The standard InChI is InChI=1S/C18H28N6O2/c19-17(25)14-4-3-5-21(11-14)12-15-10-16-13-23(8-9-24(16)20-15)18(26)22-6-1-2-7-22/h10,14H,1-9,11-13H2,(H2,19,25). The van der Waals surface area contributed by atoms with Gasteiger partial charge in [0.2, 0.25) is 5.91 Å². The van der Waals surface area contributed by atoms with Crippen LogP contribution in [0.1, 0.15) is 37.1 Å². The van der Waals surface area contributed by atoms with Crippen LogP contribution in [0.3, 0.4) is 0 Å². The molecule has 0 saturated carbocycles. The van der Waals surface area contributed by atoms with Gasteiger partial charge in [0.25, 0.3) is 0 Å². The minimum atomic E-state index is -0.199. The molecule has 0 aliphatic carbocycles. The van der Waals surface area contributed by atoms with Crippen molar-refractivity contribution in [2.75, 3.05) is 32.7 Å². The zero-order valence-electron chi connectivity index (χ0n) is 15.3. The van der Waals surface area contributed by atoms with E-state index in [0.717, 1.165) is 82.9 Å². The topological polar surface area (TPSA) is 87.7 Å². The van der Waals surface area contributed by atoms with E-state index in [4.69, 9.17) is 10.8 Å². The average Bonchev–Trinajstić information content (AvgIpc) is 3.30. The van der Waals surface area contributed by atoms with E-state index in [9.17, 15) is 9.59 Å². The molecule has 26 heavy (non-hydrogen) atoms.